The van der Waals surface area contributed by atoms with Crippen molar-refractivity contribution >= 4 is 0 Å². The van der Waals surface area contributed by atoms with Crippen molar-refractivity contribution in [2.24, 2.45) is 0 Å². The van der Waals surface area contributed by atoms with Crippen LogP contribution in [0.25, 0.3) is 0 Å². The summed E-state index contributed by atoms with van der Waals surface area (Å²) in [6.07, 6.45) is 4.07. The third kappa shape index (κ3) is 4.81. The molecular weight excluding hydrogens is 200 g/mol. The quantitative estimate of drug-likeness (QED) is 0.720. The van der Waals surface area contributed by atoms with Crippen LogP contribution in [0.3, 0.4) is 0 Å². The molecule has 1 saturated heterocycles. The number of hydrogen-bond donors (Lipinski definition) is 1. The third-order valence-electron chi connectivity index (χ3n) is 3.64. The van der Waals surface area contributed by atoms with Crippen molar-refractivity contribution < 1.29 is 4.74 Å². The molecule has 0 amide bonds. The Kier molecular flexibility index (Phi) is 7.01. The Morgan fingerprint density at radius 2 is 2.00 bits per heavy atom. The first-order chi connectivity index (χ1) is 7.77. The van der Waals surface area contributed by atoms with Crippen LogP contribution in [-0.4, -0.2) is 49.8 Å². The number of nitrogens with one attached hydrogen (secondary N) is 1. The van der Waals surface area contributed by atoms with Gasteiger partial charge < -0.3 is 10.1 Å². The average Bonchev–Trinajstić information content (AvgIpc) is 2.35. The van der Waals surface area contributed by atoms with Gasteiger partial charge in [0.1, 0.15) is 0 Å². The number of likely N-dealkylation sites (N-methyl/N-ethyl adjacent to an activating group) is 1. The van der Waals surface area contributed by atoms with Crippen LogP contribution < -0.4 is 5.32 Å². The molecule has 1 aliphatic rings. The van der Waals surface area contributed by atoms with E-state index in [9.17, 15) is 0 Å². The van der Waals surface area contributed by atoms with Crippen molar-refractivity contribution in [3.05, 3.63) is 0 Å². The molecule has 0 spiro atoms. The SMILES string of the molecule is CCC(C)N(CC)CCOC1CCNCC1. The lowest BCUT2D eigenvalue weighted by atomic mass is 10.1. The highest BCUT2D eigenvalue weighted by Crippen LogP contribution is 2.08. The molecule has 3 nitrogen and oxygen atoms in total. The van der Waals surface area contributed by atoms with Crippen molar-refractivity contribution in [3.63, 3.8) is 0 Å². The van der Waals surface area contributed by atoms with Gasteiger partial charge in [-0.1, -0.05) is 13.8 Å². The van der Waals surface area contributed by atoms with Gasteiger partial charge >= 0.3 is 0 Å². The Hall–Kier alpha value is -0.120. The number of piperidine rings is 1. The minimum Gasteiger partial charge on any atom is -0.377 e. The monoisotopic (exact) mass is 228 g/mol. The van der Waals surface area contributed by atoms with Crippen LogP contribution in [0.15, 0.2) is 0 Å². The zero-order chi connectivity index (χ0) is 11.8. The zero-order valence-corrected chi connectivity index (χ0v) is 11.2. The normalized spacial score (nSPS) is 20.2. The zero-order valence-electron chi connectivity index (χ0n) is 11.2. The standard InChI is InChI=1S/C13H28N2O/c1-4-12(3)15(5-2)10-11-16-13-6-8-14-9-7-13/h12-14H,4-11H2,1-3H3. The number of nitrogens with zero attached hydrogens (tertiary/aromatic N) is 1. The van der Waals surface area contributed by atoms with E-state index in [4.69, 9.17) is 4.74 Å². The van der Waals surface area contributed by atoms with Gasteiger partial charge in [-0.2, -0.15) is 0 Å². The van der Waals surface area contributed by atoms with Gasteiger partial charge in [0, 0.05) is 12.6 Å². The minimum absolute atomic E-state index is 0.497. The van der Waals surface area contributed by atoms with E-state index in [0.29, 0.717) is 12.1 Å². The maximum absolute atomic E-state index is 5.93. The molecule has 0 aromatic rings. The maximum atomic E-state index is 5.93. The first kappa shape index (κ1) is 13.9. The lowest BCUT2D eigenvalue weighted by molar-refractivity contribution is 0.0156. The predicted molar refractivity (Wildman–Crippen MR) is 68.8 cm³/mol. The van der Waals surface area contributed by atoms with Gasteiger partial charge in [0.15, 0.2) is 0 Å². The summed E-state index contributed by atoms with van der Waals surface area (Å²) >= 11 is 0. The number of ether oxygens (including phenoxy) is 1. The van der Waals surface area contributed by atoms with E-state index in [2.05, 4.69) is 31.0 Å². The summed E-state index contributed by atoms with van der Waals surface area (Å²) in [5.74, 6) is 0. The van der Waals surface area contributed by atoms with Gasteiger partial charge in [-0.15, -0.1) is 0 Å². The molecule has 0 aromatic carbocycles. The Balaban J connectivity index is 2.12. The highest BCUT2D eigenvalue weighted by Gasteiger charge is 2.14. The molecule has 1 rings (SSSR count). The van der Waals surface area contributed by atoms with Gasteiger partial charge in [-0.3, -0.25) is 4.90 Å². The largest absolute Gasteiger partial charge is 0.377 e. The lowest BCUT2D eigenvalue weighted by Gasteiger charge is -2.28. The molecular formula is C13H28N2O. The second kappa shape index (κ2) is 8.04. The predicted octanol–water partition coefficient (Wildman–Crippen LogP) is 1.88. The summed E-state index contributed by atoms with van der Waals surface area (Å²) in [6, 6.07) is 0.682. The van der Waals surface area contributed by atoms with Crippen LogP contribution in [0.1, 0.15) is 40.0 Å². The molecule has 1 unspecified atom stereocenters. The molecule has 0 saturated carbocycles. The van der Waals surface area contributed by atoms with E-state index in [0.717, 1.165) is 32.8 Å². The van der Waals surface area contributed by atoms with E-state index in [1.165, 1.54) is 19.3 Å². The smallest absolute Gasteiger partial charge is 0.0600 e. The van der Waals surface area contributed by atoms with Crippen molar-refractivity contribution in [3.8, 4) is 0 Å². The molecule has 0 radical (unpaired) electrons. The van der Waals surface area contributed by atoms with Crippen molar-refractivity contribution in [1.82, 2.24) is 10.2 Å². The highest BCUT2D eigenvalue weighted by atomic mass is 16.5. The fraction of sp³-hybridized carbons (Fsp3) is 1.00. The van der Waals surface area contributed by atoms with Gasteiger partial charge in [0.25, 0.3) is 0 Å². The fourth-order valence-corrected chi connectivity index (χ4v) is 2.25. The molecule has 0 aromatic heterocycles. The van der Waals surface area contributed by atoms with Gasteiger partial charge in [-0.25, -0.2) is 0 Å². The second-order valence-corrected chi connectivity index (χ2v) is 4.71. The Morgan fingerprint density at radius 3 is 2.56 bits per heavy atom. The molecule has 1 aliphatic heterocycles. The second-order valence-electron chi connectivity index (χ2n) is 4.71. The van der Waals surface area contributed by atoms with Crippen LogP contribution in [0.2, 0.25) is 0 Å². The molecule has 1 fully saturated rings. The van der Waals surface area contributed by atoms with Gasteiger partial charge in [0.05, 0.1) is 12.7 Å². The van der Waals surface area contributed by atoms with E-state index >= 15 is 0 Å². The van der Waals surface area contributed by atoms with E-state index in [-0.39, 0.29) is 0 Å². The Morgan fingerprint density at radius 1 is 1.31 bits per heavy atom. The summed E-state index contributed by atoms with van der Waals surface area (Å²) in [7, 11) is 0. The number of hydrogen-bond acceptors (Lipinski definition) is 3. The van der Waals surface area contributed by atoms with E-state index in [1.807, 2.05) is 0 Å². The van der Waals surface area contributed by atoms with Crippen molar-refractivity contribution in [2.45, 2.75) is 52.2 Å². The summed E-state index contributed by atoms with van der Waals surface area (Å²) in [5, 5.41) is 3.36. The van der Waals surface area contributed by atoms with Crippen molar-refractivity contribution in [2.75, 3.05) is 32.8 Å². The maximum Gasteiger partial charge on any atom is 0.0600 e. The topological polar surface area (TPSA) is 24.5 Å². The lowest BCUT2D eigenvalue weighted by Crippen LogP contribution is -2.37. The van der Waals surface area contributed by atoms with E-state index < -0.39 is 0 Å². The van der Waals surface area contributed by atoms with Crippen LogP contribution in [0.4, 0.5) is 0 Å². The van der Waals surface area contributed by atoms with Crippen LogP contribution in [-0.2, 0) is 4.74 Å². The molecule has 0 bridgehead atoms. The molecule has 1 atom stereocenters. The van der Waals surface area contributed by atoms with Crippen LogP contribution >= 0.6 is 0 Å². The minimum atomic E-state index is 0.497. The molecule has 0 aliphatic carbocycles. The van der Waals surface area contributed by atoms with Gasteiger partial charge in [-0.05, 0) is 45.8 Å². The van der Waals surface area contributed by atoms with Crippen molar-refractivity contribution in [1.29, 1.82) is 0 Å². The first-order valence-corrected chi connectivity index (χ1v) is 6.84. The molecule has 96 valence electrons. The number of rotatable bonds is 7. The Labute approximate surface area is 101 Å². The third-order valence-corrected chi connectivity index (χ3v) is 3.64. The summed E-state index contributed by atoms with van der Waals surface area (Å²) in [4.78, 5) is 2.50. The average molecular weight is 228 g/mol. The summed E-state index contributed by atoms with van der Waals surface area (Å²) in [5.41, 5.74) is 0. The first-order valence-electron chi connectivity index (χ1n) is 6.84. The highest BCUT2D eigenvalue weighted by molar-refractivity contribution is 4.69. The molecule has 1 N–H and O–H groups in total. The van der Waals surface area contributed by atoms with E-state index in [1.54, 1.807) is 0 Å². The molecule has 3 heteroatoms. The van der Waals surface area contributed by atoms with Crippen LogP contribution in [0, 0.1) is 0 Å². The fourth-order valence-electron chi connectivity index (χ4n) is 2.25. The molecule has 1 heterocycles. The van der Waals surface area contributed by atoms with Gasteiger partial charge in [0.2, 0.25) is 0 Å². The molecule has 16 heavy (non-hydrogen) atoms. The summed E-state index contributed by atoms with van der Waals surface area (Å²) in [6.45, 7) is 12.1. The van der Waals surface area contributed by atoms with Crippen LogP contribution in [0.5, 0.6) is 0 Å². The Bertz CT molecular complexity index is 169. The summed E-state index contributed by atoms with van der Waals surface area (Å²) < 4.78 is 5.93.